The molecular formula is C25H31Cl2NO3. The van der Waals surface area contributed by atoms with Crippen molar-refractivity contribution >= 4 is 29.1 Å². The van der Waals surface area contributed by atoms with Crippen LogP contribution in [0.3, 0.4) is 0 Å². The fraction of sp³-hybridized carbons (Fsp3) is 0.480. The molecule has 1 amide bonds. The van der Waals surface area contributed by atoms with E-state index in [4.69, 9.17) is 23.2 Å². The van der Waals surface area contributed by atoms with Gasteiger partial charge in [0.15, 0.2) is 5.72 Å². The van der Waals surface area contributed by atoms with Gasteiger partial charge in [-0.1, -0.05) is 67.4 Å². The monoisotopic (exact) mass is 463 g/mol. The summed E-state index contributed by atoms with van der Waals surface area (Å²) in [6, 6.07) is 6.93. The molecule has 1 unspecified atom stereocenters. The van der Waals surface area contributed by atoms with Gasteiger partial charge >= 0.3 is 0 Å². The van der Waals surface area contributed by atoms with E-state index >= 15 is 0 Å². The quantitative estimate of drug-likeness (QED) is 0.542. The van der Waals surface area contributed by atoms with Gasteiger partial charge in [-0.05, 0) is 49.0 Å². The molecule has 1 aliphatic heterocycles. The second-order valence-corrected chi connectivity index (χ2v) is 9.71. The number of allylic oxidation sites excluding steroid dienone is 4. The predicted molar refractivity (Wildman–Crippen MR) is 126 cm³/mol. The molecule has 31 heavy (non-hydrogen) atoms. The van der Waals surface area contributed by atoms with Crippen LogP contribution >= 0.6 is 23.2 Å². The van der Waals surface area contributed by atoms with Crippen LogP contribution in [0.15, 0.2) is 60.2 Å². The summed E-state index contributed by atoms with van der Waals surface area (Å²) in [5, 5.41) is 23.9. The summed E-state index contributed by atoms with van der Waals surface area (Å²) >= 11 is 12.5. The second kappa shape index (κ2) is 9.91. The third kappa shape index (κ3) is 4.63. The van der Waals surface area contributed by atoms with Crippen molar-refractivity contribution in [3.05, 3.63) is 70.8 Å². The third-order valence-corrected chi connectivity index (χ3v) is 7.11. The highest BCUT2D eigenvalue weighted by Gasteiger charge is 2.57. The number of aliphatic hydroxyl groups is 2. The van der Waals surface area contributed by atoms with Crippen LogP contribution in [0.2, 0.25) is 5.02 Å². The Morgan fingerprint density at radius 1 is 1.35 bits per heavy atom. The van der Waals surface area contributed by atoms with Gasteiger partial charge in [0.2, 0.25) is 5.91 Å². The average molecular weight is 464 g/mol. The highest BCUT2D eigenvalue weighted by molar-refractivity contribution is 6.31. The van der Waals surface area contributed by atoms with E-state index in [1.165, 1.54) is 0 Å². The number of hydrogen-bond acceptors (Lipinski definition) is 3. The van der Waals surface area contributed by atoms with Gasteiger partial charge in [0.05, 0.1) is 12.6 Å². The van der Waals surface area contributed by atoms with E-state index < -0.39 is 11.8 Å². The molecule has 1 aliphatic carbocycles. The van der Waals surface area contributed by atoms with Gasteiger partial charge in [-0.3, -0.25) is 4.79 Å². The maximum absolute atomic E-state index is 13.7. The number of hydrogen-bond donors (Lipinski definition) is 2. The maximum Gasteiger partial charge on any atom is 0.228 e. The molecule has 0 bridgehead atoms. The first-order valence-corrected chi connectivity index (χ1v) is 11.6. The summed E-state index contributed by atoms with van der Waals surface area (Å²) in [6.07, 6.45) is 8.72. The molecule has 3 rings (SSSR count). The van der Waals surface area contributed by atoms with E-state index in [1.807, 2.05) is 44.2 Å². The standard InChI is InChI=1S/C25H31Cl2NO3/c1-4-6-18-14-22(17-7-5-8-21(27)13-17)25(31,19-9-11-20(26)12-10-19)28(24(18)30)23(15-29)16(2)3/h4-5,7-9,11-13,16,18-19,22-23,29,31H,1,6,10,14-15H2,2-3H3/t18-,19?,22+,23+,25-/m0/s1. The van der Waals surface area contributed by atoms with Gasteiger partial charge in [0.1, 0.15) is 0 Å². The van der Waals surface area contributed by atoms with Crippen molar-refractivity contribution in [3.8, 4) is 0 Å². The summed E-state index contributed by atoms with van der Waals surface area (Å²) in [4.78, 5) is 15.3. The van der Waals surface area contributed by atoms with E-state index in [-0.39, 0.29) is 36.2 Å². The summed E-state index contributed by atoms with van der Waals surface area (Å²) in [5.41, 5.74) is -0.669. The fourth-order valence-corrected chi connectivity index (χ4v) is 5.33. The van der Waals surface area contributed by atoms with Crippen LogP contribution in [-0.2, 0) is 4.79 Å². The molecule has 0 spiro atoms. The van der Waals surface area contributed by atoms with Crippen LogP contribution in [0.4, 0.5) is 0 Å². The molecule has 0 radical (unpaired) electrons. The summed E-state index contributed by atoms with van der Waals surface area (Å²) in [5.74, 6) is -1.29. The number of amides is 1. The van der Waals surface area contributed by atoms with Crippen LogP contribution in [0.1, 0.15) is 44.6 Å². The minimum Gasteiger partial charge on any atom is -0.394 e. The average Bonchev–Trinajstić information content (AvgIpc) is 2.73. The van der Waals surface area contributed by atoms with E-state index in [9.17, 15) is 15.0 Å². The molecular weight excluding hydrogens is 433 g/mol. The first kappa shape index (κ1) is 24.1. The molecule has 1 aromatic rings. The maximum atomic E-state index is 13.7. The van der Waals surface area contributed by atoms with Crippen molar-refractivity contribution in [1.82, 2.24) is 4.90 Å². The lowest BCUT2D eigenvalue weighted by Gasteiger charge is -2.57. The molecule has 0 saturated carbocycles. The van der Waals surface area contributed by atoms with E-state index in [1.54, 1.807) is 23.1 Å². The van der Waals surface area contributed by atoms with Crippen LogP contribution in [0.5, 0.6) is 0 Å². The number of carbonyl (C=O) groups is 1. The molecule has 2 aliphatic rings. The predicted octanol–water partition coefficient (Wildman–Crippen LogP) is 5.25. The summed E-state index contributed by atoms with van der Waals surface area (Å²) < 4.78 is 0. The lowest BCUT2D eigenvalue weighted by Crippen LogP contribution is -2.68. The van der Waals surface area contributed by atoms with Crippen molar-refractivity contribution in [3.63, 3.8) is 0 Å². The van der Waals surface area contributed by atoms with Gasteiger partial charge in [-0.2, -0.15) is 0 Å². The van der Waals surface area contributed by atoms with Crippen molar-refractivity contribution in [2.24, 2.45) is 17.8 Å². The van der Waals surface area contributed by atoms with Crippen molar-refractivity contribution in [2.75, 3.05) is 6.61 Å². The SMILES string of the molecule is C=CC[C@H]1C[C@H](c2cccc(Cl)c2)[C@@](O)(C2C=CC(Cl)=CC2)N([C@H](CO)C(C)C)C1=O. The number of benzene rings is 1. The topological polar surface area (TPSA) is 60.8 Å². The van der Waals surface area contributed by atoms with Crippen LogP contribution < -0.4 is 0 Å². The van der Waals surface area contributed by atoms with Gasteiger partial charge in [0, 0.05) is 27.8 Å². The summed E-state index contributed by atoms with van der Waals surface area (Å²) in [7, 11) is 0. The Kier molecular flexibility index (Phi) is 7.69. The Labute approximate surface area is 194 Å². The molecule has 0 aromatic heterocycles. The molecule has 4 nitrogen and oxygen atoms in total. The smallest absolute Gasteiger partial charge is 0.228 e. The van der Waals surface area contributed by atoms with Crippen LogP contribution in [-0.4, -0.2) is 39.4 Å². The number of nitrogens with zero attached hydrogens (tertiary/aromatic N) is 1. The molecule has 2 N–H and O–H groups in total. The lowest BCUT2D eigenvalue weighted by molar-refractivity contribution is -0.213. The highest BCUT2D eigenvalue weighted by Crippen LogP contribution is 2.50. The first-order valence-electron chi connectivity index (χ1n) is 10.8. The number of aliphatic hydroxyl groups excluding tert-OH is 1. The Hall–Kier alpha value is -1.59. The van der Waals surface area contributed by atoms with E-state index in [0.29, 0.717) is 29.3 Å². The number of carbonyl (C=O) groups excluding carboxylic acids is 1. The van der Waals surface area contributed by atoms with Crippen molar-refractivity contribution < 1.29 is 15.0 Å². The van der Waals surface area contributed by atoms with Crippen LogP contribution in [0, 0.1) is 17.8 Å². The first-order chi connectivity index (χ1) is 14.7. The molecule has 1 heterocycles. The molecule has 1 fully saturated rings. The normalized spacial score (nSPS) is 29.8. The third-order valence-electron chi connectivity index (χ3n) is 6.60. The molecule has 5 atom stereocenters. The van der Waals surface area contributed by atoms with Gasteiger partial charge in [-0.15, -0.1) is 6.58 Å². The molecule has 1 aromatic carbocycles. The van der Waals surface area contributed by atoms with Gasteiger partial charge < -0.3 is 15.1 Å². The largest absolute Gasteiger partial charge is 0.394 e. The minimum absolute atomic E-state index is 0.0466. The zero-order valence-electron chi connectivity index (χ0n) is 18.0. The highest BCUT2D eigenvalue weighted by atomic mass is 35.5. The zero-order valence-corrected chi connectivity index (χ0v) is 19.6. The van der Waals surface area contributed by atoms with Crippen LogP contribution in [0.25, 0.3) is 0 Å². The Morgan fingerprint density at radius 3 is 2.65 bits per heavy atom. The van der Waals surface area contributed by atoms with E-state index in [2.05, 4.69) is 6.58 Å². The lowest BCUT2D eigenvalue weighted by atomic mass is 9.68. The van der Waals surface area contributed by atoms with Crippen molar-refractivity contribution in [2.45, 2.75) is 50.8 Å². The number of likely N-dealkylation sites (tertiary alicyclic amines) is 1. The second-order valence-electron chi connectivity index (χ2n) is 8.84. The summed E-state index contributed by atoms with van der Waals surface area (Å²) in [6.45, 7) is 7.49. The Bertz CT molecular complexity index is 881. The van der Waals surface area contributed by atoms with Crippen molar-refractivity contribution in [1.29, 1.82) is 0 Å². The Morgan fingerprint density at radius 2 is 2.10 bits per heavy atom. The van der Waals surface area contributed by atoms with E-state index in [0.717, 1.165) is 5.56 Å². The Balaban J connectivity index is 2.21. The minimum atomic E-state index is -1.54. The number of piperidine rings is 1. The fourth-order valence-electron chi connectivity index (χ4n) is 4.97. The number of rotatable bonds is 7. The van der Waals surface area contributed by atoms with Gasteiger partial charge in [0.25, 0.3) is 0 Å². The zero-order chi connectivity index (χ0) is 22.8. The number of halogens is 2. The molecule has 168 valence electrons. The molecule has 1 saturated heterocycles. The molecule has 6 heteroatoms. The van der Waals surface area contributed by atoms with Gasteiger partial charge in [-0.25, -0.2) is 0 Å².